The van der Waals surface area contributed by atoms with Gasteiger partial charge in [-0.25, -0.2) is 4.39 Å². The number of benzene rings is 1. The molecule has 1 rings (SSSR count). The molecule has 0 saturated carbocycles. The Kier molecular flexibility index (Phi) is 4.76. The SMILES string of the molecule is CCNCCCc1c(C)cc(C)cc1F. The number of nitrogens with one attached hydrogen (secondary N) is 1. The van der Waals surface area contributed by atoms with Gasteiger partial charge in [-0.3, -0.25) is 0 Å². The van der Waals surface area contributed by atoms with E-state index < -0.39 is 0 Å². The molecule has 0 aromatic heterocycles. The molecule has 0 saturated heterocycles. The summed E-state index contributed by atoms with van der Waals surface area (Å²) in [6, 6.07) is 3.67. The zero-order valence-electron chi connectivity index (χ0n) is 9.86. The lowest BCUT2D eigenvalue weighted by Gasteiger charge is -2.08. The molecule has 0 aliphatic carbocycles. The molecule has 84 valence electrons. The molecule has 0 radical (unpaired) electrons. The van der Waals surface area contributed by atoms with E-state index in [0.29, 0.717) is 0 Å². The van der Waals surface area contributed by atoms with E-state index in [1.54, 1.807) is 6.07 Å². The summed E-state index contributed by atoms with van der Waals surface area (Å²) in [5.74, 6) is -0.0519. The molecule has 0 heterocycles. The maximum atomic E-state index is 13.6. The zero-order valence-corrected chi connectivity index (χ0v) is 9.86. The molecule has 15 heavy (non-hydrogen) atoms. The van der Waals surface area contributed by atoms with Crippen molar-refractivity contribution < 1.29 is 4.39 Å². The van der Waals surface area contributed by atoms with Crippen LogP contribution in [-0.4, -0.2) is 13.1 Å². The molecular formula is C13H20FN. The van der Waals surface area contributed by atoms with Crippen molar-refractivity contribution in [3.05, 3.63) is 34.6 Å². The van der Waals surface area contributed by atoms with E-state index in [2.05, 4.69) is 12.2 Å². The van der Waals surface area contributed by atoms with Gasteiger partial charge in [0.25, 0.3) is 0 Å². The van der Waals surface area contributed by atoms with Gasteiger partial charge in [0.1, 0.15) is 5.82 Å². The second-order valence-corrected chi connectivity index (χ2v) is 4.00. The van der Waals surface area contributed by atoms with Gasteiger partial charge in [0.2, 0.25) is 0 Å². The molecule has 0 aliphatic rings. The van der Waals surface area contributed by atoms with Crippen molar-refractivity contribution >= 4 is 0 Å². The fraction of sp³-hybridized carbons (Fsp3) is 0.538. The van der Waals surface area contributed by atoms with Gasteiger partial charge in [-0.05, 0) is 62.5 Å². The Morgan fingerprint density at radius 1 is 1.27 bits per heavy atom. The van der Waals surface area contributed by atoms with Crippen LogP contribution in [0.1, 0.15) is 30.0 Å². The van der Waals surface area contributed by atoms with Crippen LogP contribution in [0.2, 0.25) is 0 Å². The minimum atomic E-state index is -0.0519. The molecule has 0 fully saturated rings. The number of aryl methyl sites for hydroxylation is 2. The highest BCUT2D eigenvalue weighted by Crippen LogP contribution is 2.17. The van der Waals surface area contributed by atoms with Crippen molar-refractivity contribution in [2.75, 3.05) is 13.1 Å². The predicted octanol–water partition coefficient (Wildman–Crippen LogP) is 2.98. The van der Waals surface area contributed by atoms with Crippen molar-refractivity contribution in [1.29, 1.82) is 0 Å². The fourth-order valence-electron chi connectivity index (χ4n) is 1.83. The summed E-state index contributed by atoms with van der Waals surface area (Å²) in [5.41, 5.74) is 2.95. The molecule has 1 aromatic carbocycles. The van der Waals surface area contributed by atoms with Crippen LogP contribution in [0.25, 0.3) is 0 Å². The predicted molar refractivity (Wildman–Crippen MR) is 62.7 cm³/mol. The van der Waals surface area contributed by atoms with E-state index in [0.717, 1.165) is 42.6 Å². The van der Waals surface area contributed by atoms with Gasteiger partial charge < -0.3 is 5.32 Å². The maximum Gasteiger partial charge on any atom is 0.126 e. The topological polar surface area (TPSA) is 12.0 Å². The highest BCUT2D eigenvalue weighted by Gasteiger charge is 2.05. The molecule has 1 N–H and O–H groups in total. The third kappa shape index (κ3) is 3.63. The third-order valence-electron chi connectivity index (χ3n) is 2.59. The molecule has 0 aliphatic heterocycles. The van der Waals surface area contributed by atoms with Crippen LogP contribution >= 0.6 is 0 Å². The Labute approximate surface area is 91.7 Å². The van der Waals surface area contributed by atoms with Crippen LogP contribution in [0.15, 0.2) is 12.1 Å². The van der Waals surface area contributed by atoms with Crippen LogP contribution in [0.4, 0.5) is 4.39 Å². The van der Waals surface area contributed by atoms with E-state index >= 15 is 0 Å². The van der Waals surface area contributed by atoms with Crippen LogP contribution < -0.4 is 5.32 Å². The summed E-state index contributed by atoms with van der Waals surface area (Å²) in [6.45, 7) is 7.94. The normalized spacial score (nSPS) is 10.7. The molecule has 0 atom stereocenters. The molecule has 0 spiro atoms. The lowest BCUT2D eigenvalue weighted by molar-refractivity contribution is 0.593. The zero-order chi connectivity index (χ0) is 11.3. The molecule has 2 heteroatoms. The first-order valence-corrected chi connectivity index (χ1v) is 5.61. The standard InChI is InChI=1S/C13H20FN/c1-4-15-7-5-6-12-11(3)8-10(2)9-13(12)14/h8-9,15H,4-7H2,1-3H3. The van der Waals surface area contributed by atoms with Gasteiger partial charge in [-0.1, -0.05) is 13.0 Å². The van der Waals surface area contributed by atoms with Crippen molar-refractivity contribution in [3.63, 3.8) is 0 Å². The van der Waals surface area contributed by atoms with Crippen molar-refractivity contribution in [2.45, 2.75) is 33.6 Å². The Morgan fingerprint density at radius 3 is 2.60 bits per heavy atom. The summed E-state index contributed by atoms with van der Waals surface area (Å²) in [7, 11) is 0. The quantitative estimate of drug-likeness (QED) is 0.735. The van der Waals surface area contributed by atoms with Gasteiger partial charge in [-0.2, -0.15) is 0 Å². The number of halogens is 1. The first-order valence-electron chi connectivity index (χ1n) is 5.61. The monoisotopic (exact) mass is 209 g/mol. The Bertz CT molecular complexity index is 297. The lowest BCUT2D eigenvalue weighted by atomic mass is 10.0. The highest BCUT2D eigenvalue weighted by atomic mass is 19.1. The van der Waals surface area contributed by atoms with Gasteiger partial charge in [0.15, 0.2) is 0 Å². The lowest BCUT2D eigenvalue weighted by Crippen LogP contribution is -2.15. The number of rotatable bonds is 5. The second-order valence-electron chi connectivity index (χ2n) is 4.00. The molecular weight excluding hydrogens is 189 g/mol. The third-order valence-corrected chi connectivity index (χ3v) is 2.59. The van der Waals surface area contributed by atoms with E-state index in [4.69, 9.17) is 0 Å². The first kappa shape index (κ1) is 12.2. The van der Waals surface area contributed by atoms with Crippen LogP contribution in [0.5, 0.6) is 0 Å². The van der Waals surface area contributed by atoms with Crippen LogP contribution in [-0.2, 0) is 6.42 Å². The first-order chi connectivity index (χ1) is 7.15. The highest BCUT2D eigenvalue weighted by molar-refractivity contribution is 5.32. The largest absolute Gasteiger partial charge is 0.317 e. The van der Waals surface area contributed by atoms with E-state index in [1.807, 2.05) is 19.9 Å². The average Bonchev–Trinajstić information content (AvgIpc) is 2.15. The molecule has 1 nitrogen and oxygen atoms in total. The van der Waals surface area contributed by atoms with Crippen molar-refractivity contribution in [2.24, 2.45) is 0 Å². The molecule has 0 amide bonds. The van der Waals surface area contributed by atoms with Crippen LogP contribution in [0.3, 0.4) is 0 Å². The molecule has 1 aromatic rings. The number of hydrogen-bond acceptors (Lipinski definition) is 1. The van der Waals surface area contributed by atoms with Gasteiger partial charge in [0, 0.05) is 0 Å². The Hall–Kier alpha value is -0.890. The van der Waals surface area contributed by atoms with Crippen molar-refractivity contribution in [3.8, 4) is 0 Å². The summed E-state index contributed by atoms with van der Waals surface area (Å²) >= 11 is 0. The van der Waals surface area contributed by atoms with E-state index in [9.17, 15) is 4.39 Å². The van der Waals surface area contributed by atoms with E-state index in [-0.39, 0.29) is 5.82 Å². The second kappa shape index (κ2) is 5.86. The van der Waals surface area contributed by atoms with Crippen LogP contribution in [0, 0.1) is 19.7 Å². The summed E-state index contributed by atoms with van der Waals surface area (Å²) < 4.78 is 13.6. The Morgan fingerprint density at radius 2 is 2.00 bits per heavy atom. The summed E-state index contributed by atoms with van der Waals surface area (Å²) in [6.07, 6.45) is 1.82. The fourth-order valence-corrected chi connectivity index (χ4v) is 1.83. The minimum absolute atomic E-state index is 0.0519. The average molecular weight is 209 g/mol. The van der Waals surface area contributed by atoms with Crippen molar-refractivity contribution in [1.82, 2.24) is 5.32 Å². The maximum absolute atomic E-state index is 13.6. The minimum Gasteiger partial charge on any atom is -0.317 e. The van der Waals surface area contributed by atoms with Gasteiger partial charge in [0.05, 0.1) is 0 Å². The van der Waals surface area contributed by atoms with E-state index in [1.165, 1.54) is 0 Å². The van der Waals surface area contributed by atoms with Gasteiger partial charge in [-0.15, -0.1) is 0 Å². The van der Waals surface area contributed by atoms with Gasteiger partial charge >= 0.3 is 0 Å². The molecule has 0 unspecified atom stereocenters. The smallest absolute Gasteiger partial charge is 0.126 e. The Balaban J connectivity index is 2.60. The summed E-state index contributed by atoms with van der Waals surface area (Å²) in [5, 5.41) is 3.25. The summed E-state index contributed by atoms with van der Waals surface area (Å²) in [4.78, 5) is 0. The molecule has 0 bridgehead atoms. The number of hydrogen-bond donors (Lipinski definition) is 1.